The first-order chi connectivity index (χ1) is 4.75. The lowest BCUT2D eigenvalue weighted by Gasteiger charge is -2.16. The number of carbonyl (C=O) groups excluding carboxylic acids is 1. The lowest BCUT2D eigenvalue weighted by Crippen LogP contribution is -2.32. The maximum atomic E-state index is 11.2. The first-order valence-electron chi connectivity index (χ1n) is 3.98. The van der Waals surface area contributed by atoms with Crippen molar-refractivity contribution in [2.24, 2.45) is 0 Å². The van der Waals surface area contributed by atoms with Gasteiger partial charge in [0.05, 0.1) is 6.04 Å². The summed E-state index contributed by atoms with van der Waals surface area (Å²) in [5.74, 6) is 0.403. The second kappa shape index (κ2) is 4.50. The molecule has 1 unspecified atom stereocenters. The zero-order chi connectivity index (χ0) is 7.56. The molecule has 0 aromatic carbocycles. The molecular formula is C9H19NO. The molecule has 1 rings (SSSR count). The van der Waals surface area contributed by atoms with Crippen LogP contribution in [0.1, 0.15) is 33.6 Å². The van der Waals surface area contributed by atoms with Gasteiger partial charge in [-0.2, -0.15) is 0 Å². The minimum absolute atomic E-state index is 0. The van der Waals surface area contributed by atoms with Gasteiger partial charge in [-0.15, -0.1) is 0 Å². The lowest BCUT2D eigenvalue weighted by atomic mass is 10.1. The van der Waals surface area contributed by atoms with Gasteiger partial charge in [0, 0.05) is 6.42 Å². The molecule has 2 heteroatoms. The van der Waals surface area contributed by atoms with Crippen LogP contribution in [0.3, 0.4) is 0 Å². The van der Waals surface area contributed by atoms with Crippen molar-refractivity contribution in [3.8, 4) is 0 Å². The standard InChI is InChI=1S/C8H15NO.CH4/c1-3-8(10)7-5-4-6-9(7)2;/h7H,3-6H2,1-2H3;1H4. The van der Waals surface area contributed by atoms with Crippen molar-refractivity contribution in [1.82, 2.24) is 4.90 Å². The van der Waals surface area contributed by atoms with E-state index in [0.717, 1.165) is 13.0 Å². The molecule has 0 aliphatic carbocycles. The minimum atomic E-state index is 0. The van der Waals surface area contributed by atoms with E-state index in [1.807, 2.05) is 14.0 Å². The van der Waals surface area contributed by atoms with Gasteiger partial charge in [-0.1, -0.05) is 14.4 Å². The topological polar surface area (TPSA) is 20.3 Å². The van der Waals surface area contributed by atoms with Crippen LogP contribution in [0.15, 0.2) is 0 Å². The van der Waals surface area contributed by atoms with Gasteiger partial charge >= 0.3 is 0 Å². The molecule has 1 saturated heterocycles. The molecule has 0 N–H and O–H groups in total. The van der Waals surface area contributed by atoms with Crippen LogP contribution in [0.2, 0.25) is 0 Å². The summed E-state index contributed by atoms with van der Waals surface area (Å²) in [5.41, 5.74) is 0. The third-order valence-electron chi connectivity index (χ3n) is 2.24. The summed E-state index contributed by atoms with van der Waals surface area (Å²) in [6, 6.07) is 0.241. The zero-order valence-corrected chi connectivity index (χ0v) is 6.76. The highest BCUT2D eigenvalue weighted by molar-refractivity contribution is 5.83. The molecule has 66 valence electrons. The molecule has 0 spiro atoms. The summed E-state index contributed by atoms with van der Waals surface area (Å²) in [7, 11) is 2.03. The van der Waals surface area contributed by atoms with Crippen LogP contribution in [0, 0.1) is 0 Å². The van der Waals surface area contributed by atoms with E-state index in [0.29, 0.717) is 12.2 Å². The Kier molecular flexibility index (Phi) is 4.34. The Bertz CT molecular complexity index is 134. The molecule has 11 heavy (non-hydrogen) atoms. The summed E-state index contributed by atoms with van der Waals surface area (Å²) < 4.78 is 0. The van der Waals surface area contributed by atoms with Crippen molar-refractivity contribution in [2.75, 3.05) is 13.6 Å². The Morgan fingerprint density at radius 3 is 2.64 bits per heavy atom. The quantitative estimate of drug-likeness (QED) is 0.608. The van der Waals surface area contributed by atoms with Gasteiger partial charge in [-0.05, 0) is 26.4 Å². The predicted octanol–water partition coefficient (Wildman–Crippen LogP) is 1.70. The number of carbonyl (C=O) groups is 1. The fourth-order valence-electron chi connectivity index (χ4n) is 1.55. The molecule has 1 aliphatic heterocycles. The van der Waals surface area contributed by atoms with E-state index >= 15 is 0 Å². The summed E-state index contributed by atoms with van der Waals surface area (Å²) in [5, 5.41) is 0. The smallest absolute Gasteiger partial charge is 0.149 e. The average Bonchev–Trinajstić information content (AvgIpc) is 2.34. The van der Waals surface area contributed by atoms with Gasteiger partial charge < -0.3 is 0 Å². The van der Waals surface area contributed by atoms with Gasteiger partial charge in [0.25, 0.3) is 0 Å². The molecule has 0 radical (unpaired) electrons. The number of rotatable bonds is 2. The number of likely N-dealkylation sites (N-methyl/N-ethyl adjacent to an activating group) is 1. The highest BCUT2D eigenvalue weighted by Gasteiger charge is 2.25. The van der Waals surface area contributed by atoms with Crippen molar-refractivity contribution in [3.05, 3.63) is 0 Å². The van der Waals surface area contributed by atoms with Gasteiger partial charge in [-0.25, -0.2) is 0 Å². The molecule has 1 atom stereocenters. The number of hydrogen-bond donors (Lipinski definition) is 0. The average molecular weight is 157 g/mol. The van der Waals surface area contributed by atoms with Crippen molar-refractivity contribution in [2.45, 2.75) is 39.7 Å². The van der Waals surface area contributed by atoms with Crippen LogP contribution in [-0.2, 0) is 4.79 Å². The van der Waals surface area contributed by atoms with Gasteiger partial charge in [0.1, 0.15) is 5.78 Å². The van der Waals surface area contributed by atoms with Gasteiger partial charge in [-0.3, -0.25) is 9.69 Å². The Morgan fingerprint density at radius 2 is 2.27 bits per heavy atom. The number of likely N-dealkylation sites (tertiary alicyclic amines) is 1. The normalized spacial score (nSPS) is 24.7. The molecule has 0 aromatic heterocycles. The van der Waals surface area contributed by atoms with Crippen LogP contribution in [0.5, 0.6) is 0 Å². The summed E-state index contributed by atoms with van der Waals surface area (Å²) in [4.78, 5) is 13.3. The Hall–Kier alpha value is -0.370. The number of ketones is 1. The second-order valence-electron chi connectivity index (χ2n) is 2.96. The van der Waals surface area contributed by atoms with Crippen LogP contribution < -0.4 is 0 Å². The van der Waals surface area contributed by atoms with Crippen molar-refractivity contribution in [3.63, 3.8) is 0 Å². The first-order valence-corrected chi connectivity index (χ1v) is 3.98. The molecular weight excluding hydrogens is 138 g/mol. The van der Waals surface area contributed by atoms with Crippen LogP contribution in [0.4, 0.5) is 0 Å². The molecule has 0 bridgehead atoms. The summed E-state index contributed by atoms with van der Waals surface area (Å²) in [6.45, 7) is 3.03. The zero-order valence-electron chi connectivity index (χ0n) is 6.76. The molecule has 0 saturated carbocycles. The molecule has 1 aliphatic rings. The van der Waals surface area contributed by atoms with E-state index in [-0.39, 0.29) is 13.5 Å². The van der Waals surface area contributed by atoms with Gasteiger partial charge in [0.2, 0.25) is 0 Å². The Morgan fingerprint density at radius 1 is 1.64 bits per heavy atom. The highest BCUT2D eigenvalue weighted by Crippen LogP contribution is 2.16. The van der Waals surface area contributed by atoms with Crippen molar-refractivity contribution >= 4 is 5.78 Å². The molecule has 1 fully saturated rings. The Balaban J connectivity index is 0.000001000. The van der Waals surface area contributed by atoms with Crippen molar-refractivity contribution in [1.29, 1.82) is 0 Å². The van der Waals surface area contributed by atoms with E-state index in [9.17, 15) is 4.79 Å². The van der Waals surface area contributed by atoms with Crippen LogP contribution >= 0.6 is 0 Å². The highest BCUT2D eigenvalue weighted by atomic mass is 16.1. The maximum absolute atomic E-state index is 11.2. The van der Waals surface area contributed by atoms with Crippen LogP contribution in [-0.4, -0.2) is 30.3 Å². The number of nitrogens with zero attached hydrogens (tertiary/aromatic N) is 1. The van der Waals surface area contributed by atoms with Crippen LogP contribution in [0.25, 0.3) is 0 Å². The SMILES string of the molecule is C.CCC(=O)C1CCCN1C. The fourth-order valence-corrected chi connectivity index (χ4v) is 1.55. The monoisotopic (exact) mass is 157 g/mol. The minimum Gasteiger partial charge on any atom is -0.298 e. The predicted molar refractivity (Wildman–Crippen MR) is 47.7 cm³/mol. The second-order valence-corrected chi connectivity index (χ2v) is 2.96. The van der Waals surface area contributed by atoms with E-state index in [1.54, 1.807) is 0 Å². The van der Waals surface area contributed by atoms with E-state index in [2.05, 4.69) is 4.90 Å². The molecule has 2 nitrogen and oxygen atoms in total. The molecule has 0 aromatic rings. The lowest BCUT2D eigenvalue weighted by molar-refractivity contribution is -0.122. The Labute approximate surface area is 69.6 Å². The third kappa shape index (κ3) is 2.29. The van der Waals surface area contributed by atoms with E-state index in [4.69, 9.17) is 0 Å². The summed E-state index contributed by atoms with van der Waals surface area (Å²) in [6.07, 6.45) is 2.95. The maximum Gasteiger partial charge on any atom is 0.149 e. The molecule has 0 amide bonds. The number of Topliss-reactive ketones (excluding diaryl/α,β-unsaturated/α-hetero) is 1. The van der Waals surface area contributed by atoms with E-state index in [1.165, 1.54) is 6.42 Å². The fraction of sp³-hybridized carbons (Fsp3) is 0.889. The third-order valence-corrected chi connectivity index (χ3v) is 2.24. The van der Waals surface area contributed by atoms with Gasteiger partial charge in [0.15, 0.2) is 0 Å². The first kappa shape index (κ1) is 10.6. The largest absolute Gasteiger partial charge is 0.298 e. The molecule has 1 heterocycles. The number of hydrogen-bond acceptors (Lipinski definition) is 2. The van der Waals surface area contributed by atoms with E-state index < -0.39 is 0 Å². The summed E-state index contributed by atoms with van der Waals surface area (Å²) >= 11 is 0. The van der Waals surface area contributed by atoms with Crippen molar-refractivity contribution < 1.29 is 4.79 Å².